The first-order valence-corrected chi connectivity index (χ1v) is 6.09. The van der Waals surface area contributed by atoms with Crippen molar-refractivity contribution >= 4 is 5.82 Å². The number of nitrogen functional groups attached to an aromatic ring is 1. The number of anilines is 1. The average Bonchev–Trinajstić information content (AvgIpc) is 2.25. The molecule has 0 aromatic carbocycles. The second kappa shape index (κ2) is 4.83. The van der Waals surface area contributed by atoms with E-state index in [0.717, 1.165) is 12.5 Å². The van der Waals surface area contributed by atoms with E-state index in [1.807, 2.05) is 12.3 Å². The summed E-state index contributed by atoms with van der Waals surface area (Å²) in [6.07, 6.45) is 4.51. The molecule has 1 aliphatic rings. The third-order valence-electron chi connectivity index (χ3n) is 3.51. The van der Waals surface area contributed by atoms with Crippen LogP contribution in [0.2, 0.25) is 0 Å². The third-order valence-corrected chi connectivity index (χ3v) is 3.51. The van der Waals surface area contributed by atoms with Crippen molar-refractivity contribution in [2.75, 3.05) is 12.3 Å². The van der Waals surface area contributed by atoms with Gasteiger partial charge in [-0.15, -0.1) is 0 Å². The topological polar surface area (TPSA) is 42.1 Å². The number of likely N-dealkylation sites (tertiary alicyclic amines) is 1. The molecule has 2 heterocycles. The molecule has 0 bridgehead atoms. The van der Waals surface area contributed by atoms with Crippen molar-refractivity contribution in [2.24, 2.45) is 5.92 Å². The fraction of sp³-hybridized carbons (Fsp3) is 0.615. The van der Waals surface area contributed by atoms with E-state index in [1.165, 1.54) is 24.9 Å². The molecular formula is C13H21N3. The van der Waals surface area contributed by atoms with Gasteiger partial charge < -0.3 is 5.73 Å². The van der Waals surface area contributed by atoms with Crippen molar-refractivity contribution in [1.82, 2.24) is 9.88 Å². The highest BCUT2D eigenvalue weighted by atomic mass is 15.2. The molecule has 3 heteroatoms. The normalized spacial score (nSPS) is 26.9. The lowest BCUT2D eigenvalue weighted by molar-refractivity contribution is 0.122. The van der Waals surface area contributed by atoms with Crippen molar-refractivity contribution in [3.8, 4) is 0 Å². The van der Waals surface area contributed by atoms with Gasteiger partial charge in [0, 0.05) is 18.8 Å². The second-order valence-electron chi connectivity index (χ2n) is 5.04. The molecule has 1 saturated heterocycles. The minimum Gasteiger partial charge on any atom is -0.384 e. The van der Waals surface area contributed by atoms with E-state index < -0.39 is 0 Å². The quantitative estimate of drug-likeness (QED) is 0.829. The van der Waals surface area contributed by atoms with Crippen molar-refractivity contribution in [2.45, 2.75) is 39.3 Å². The van der Waals surface area contributed by atoms with E-state index in [-0.39, 0.29) is 0 Å². The van der Waals surface area contributed by atoms with Crippen LogP contribution >= 0.6 is 0 Å². The molecule has 0 aliphatic carbocycles. The lowest BCUT2D eigenvalue weighted by Gasteiger charge is -2.36. The summed E-state index contributed by atoms with van der Waals surface area (Å²) in [5, 5.41) is 0. The average molecular weight is 219 g/mol. The predicted molar refractivity (Wildman–Crippen MR) is 66.9 cm³/mol. The zero-order chi connectivity index (χ0) is 11.5. The zero-order valence-corrected chi connectivity index (χ0v) is 10.2. The molecule has 2 rings (SSSR count). The predicted octanol–water partition coefficient (Wildman–Crippen LogP) is 2.28. The largest absolute Gasteiger partial charge is 0.384 e. The maximum atomic E-state index is 5.58. The maximum absolute atomic E-state index is 5.58. The van der Waals surface area contributed by atoms with Gasteiger partial charge in [0.25, 0.3) is 0 Å². The Kier molecular flexibility index (Phi) is 3.44. The molecule has 1 aromatic rings. The van der Waals surface area contributed by atoms with Crippen LogP contribution in [0.1, 0.15) is 32.3 Å². The minimum absolute atomic E-state index is 0.601. The molecule has 1 aliphatic heterocycles. The summed E-state index contributed by atoms with van der Waals surface area (Å²) in [4.78, 5) is 6.67. The standard InChI is InChI=1S/C13H21N3/c1-10-5-6-16(11(2)7-10)9-12-3-4-13(14)15-8-12/h3-4,8,10-11H,5-7,9H2,1-2H3,(H2,14,15). The number of nitrogens with two attached hydrogens (primary N) is 1. The Morgan fingerprint density at radius 1 is 1.44 bits per heavy atom. The van der Waals surface area contributed by atoms with Crippen LogP contribution in [0.25, 0.3) is 0 Å². The van der Waals surface area contributed by atoms with Crippen molar-refractivity contribution in [3.05, 3.63) is 23.9 Å². The van der Waals surface area contributed by atoms with Gasteiger partial charge in [-0.05, 0) is 43.9 Å². The van der Waals surface area contributed by atoms with Gasteiger partial charge in [-0.1, -0.05) is 13.0 Å². The lowest BCUT2D eigenvalue weighted by Crippen LogP contribution is -2.39. The molecule has 88 valence electrons. The van der Waals surface area contributed by atoms with Gasteiger partial charge in [0.15, 0.2) is 0 Å². The molecule has 0 saturated carbocycles. The van der Waals surface area contributed by atoms with Crippen molar-refractivity contribution in [1.29, 1.82) is 0 Å². The molecule has 0 radical (unpaired) electrons. The number of aromatic nitrogens is 1. The van der Waals surface area contributed by atoms with Gasteiger partial charge >= 0.3 is 0 Å². The molecule has 0 spiro atoms. The number of piperidine rings is 1. The fourth-order valence-corrected chi connectivity index (χ4v) is 2.45. The first-order chi connectivity index (χ1) is 7.65. The highest BCUT2D eigenvalue weighted by Crippen LogP contribution is 2.23. The van der Waals surface area contributed by atoms with Gasteiger partial charge in [0.2, 0.25) is 0 Å². The molecule has 0 amide bonds. The maximum Gasteiger partial charge on any atom is 0.123 e. The number of pyridine rings is 1. The van der Waals surface area contributed by atoms with Crippen LogP contribution in [-0.4, -0.2) is 22.5 Å². The second-order valence-corrected chi connectivity index (χ2v) is 5.04. The Balaban J connectivity index is 1.96. The molecule has 1 fully saturated rings. The lowest BCUT2D eigenvalue weighted by atomic mass is 9.93. The number of hydrogen-bond donors (Lipinski definition) is 1. The first-order valence-electron chi connectivity index (χ1n) is 6.09. The van der Waals surface area contributed by atoms with Gasteiger partial charge in [0.05, 0.1) is 0 Å². The summed E-state index contributed by atoms with van der Waals surface area (Å²) in [5.41, 5.74) is 6.84. The van der Waals surface area contributed by atoms with Crippen LogP contribution in [0.4, 0.5) is 5.82 Å². The van der Waals surface area contributed by atoms with Gasteiger partial charge in [-0.2, -0.15) is 0 Å². The summed E-state index contributed by atoms with van der Waals surface area (Å²) < 4.78 is 0. The van der Waals surface area contributed by atoms with E-state index >= 15 is 0 Å². The molecule has 2 N–H and O–H groups in total. The van der Waals surface area contributed by atoms with Crippen molar-refractivity contribution < 1.29 is 0 Å². The van der Waals surface area contributed by atoms with Crippen LogP contribution in [0.3, 0.4) is 0 Å². The Labute approximate surface area is 97.7 Å². The van der Waals surface area contributed by atoms with Gasteiger partial charge in [-0.3, -0.25) is 4.90 Å². The summed E-state index contributed by atoms with van der Waals surface area (Å²) in [7, 11) is 0. The van der Waals surface area contributed by atoms with E-state index in [4.69, 9.17) is 5.73 Å². The molecule has 1 aromatic heterocycles. The van der Waals surface area contributed by atoms with E-state index in [9.17, 15) is 0 Å². The molecule has 16 heavy (non-hydrogen) atoms. The Morgan fingerprint density at radius 3 is 2.88 bits per heavy atom. The van der Waals surface area contributed by atoms with Crippen molar-refractivity contribution in [3.63, 3.8) is 0 Å². The highest BCUT2D eigenvalue weighted by Gasteiger charge is 2.22. The monoisotopic (exact) mass is 219 g/mol. The van der Waals surface area contributed by atoms with E-state index in [0.29, 0.717) is 11.9 Å². The van der Waals surface area contributed by atoms with E-state index in [2.05, 4.69) is 29.8 Å². The van der Waals surface area contributed by atoms with Crippen LogP contribution in [-0.2, 0) is 6.54 Å². The summed E-state index contributed by atoms with van der Waals surface area (Å²) in [5.74, 6) is 1.47. The first kappa shape index (κ1) is 11.4. The fourth-order valence-electron chi connectivity index (χ4n) is 2.45. The summed E-state index contributed by atoms with van der Waals surface area (Å²) in [6, 6.07) is 4.64. The molecular weight excluding hydrogens is 198 g/mol. The number of hydrogen-bond acceptors (Lipinski definition) is 3. The molecule has 2 atom stereocenters. The minimum atomic E-state index is 0.601. The molecule has 3 nitrogen and oxygen atoms in total. The zero-order valence-electron chi connectivity index (χ0n) is 10.2. The van der Waals surface area contributed by atoms with Crippen LogP contribution in [0, 0.1) is 5.92 Å². The number of rotatable bonds is 2. The van der Waals surface area contributed by atoms with Crippen LogP contribution in [0.5, 0.6) is 0 Å². The Hall–Kier alpha value is -1.09. The highest BCUT2D eigenvalue weighted by molar-refractivity contribution is 5.29. The SMILES string of the molecule is CC1CCN(Cc2ccc(N)nc2)C(C)C1. The summed E-state index contributed by atoms with van der Waals surface area (Å²) >= 11 is 0. The number of nitrogens with zero attached hydrogens (tertiary/aromatic N) is 2. The third kappa shape index (κ3) is 2.73. The Morgan fingerprint density at radius 2 is 2.25 bits per heavy atom. The smallest absolute Gasteiger partial charge is 0.123 e. The van der Waals surface area contributed by atoms with Crippen LogP contribution in [0.15, 0.2) is 18.3 Å². The van der Waals surface area contributed by atoms with Crippen LogP contribution < -0.4 is 5.73 Å². The Bertz CT molecular complexity index is 334. The van der Waals surface area contributed by atoms with Gasteiger partial charge in [-0.25, -0.2) is 4.98 Å². The van der Waals surface area contributed by atoms with Gasteiger partial charge in [0.1, 0.15) is 5.82 Å². The molecule has 2 unspecified atom stereocenters. The summed E-state index contributed by atoms with van der Waals surface area (Å²) in [6.45, 7) is 6.87. The van der Waals surface area contributed by atoms with E-state index in [1.54, 1.807) is 0 Å².